The second-order valence-electron chi connectivity index (χ2n) is 2.38. The molecule has 5 nitrogen and oxygen atoms in total. The Hall–Kier alpha value is -1.52. The van der Waals surface area contributed by atoms with Crippen LogP contribution in [-0.2, 0) is 14.3 Å². The minimum Gasteiger partial charge on any atom is -0.492 e. The highest BCUT2D eigenvalue weighted by atomic mass is 16.5. The van der Waals surface area contributed by atoms with E-state index in [1.54, 1.807) is 6.92 Å². The van der Waals surface area contributed by atoms with Crippen LogP contribution in [0.1, 0.15) is 6.92 Å². The summed E-state index contributed by atoms with van der Waals surface area (Å²) in [7, 11) is 1.51. The average molecular weight is 186 g/mol. The molecule has 0 heterocycles. The maximum absolute atomic E-state index is 11.0. The third-order valence-electron chi connectivity index (χ3n) is 1.35. The fourth-order valence-electron chi connectivity index (χ4n) is 0.700. The molecule has 1 atom stereocenters. The molecule has 0 unspecified atom stereocenters. The zero-order valence-corrected chi connectivity index (χ0v) is 7.79. The first-order chi connectivity index (χ1) is 6.11. The van der Waals surface area contributed by atoms with E-state index in [1.165, 1.54) is 13.3 Å². The van der Waals surface area contributed by atoms with E-state index < -0.39 is 6.04 Å². The van der Waals surface area contributed by atoms with Crippen molar-refractivity contribution in [3.63, 3.8) is 0 Å². The van der Waals surface area contributed by atoms with Gasteiger partial charge in [-0.15, -0.1) is 0 Å². The number of hydrogen-bond donors (Lipinski definition) is 2. The van der Waals surface area contributed by atoms with E-state index >= 15 is 0 Å². The Balaban J connectivity index is 3.77. The molecule has 13 heavy (non-hydrogen) atoms. The molecule has 0 spiro atoms. The summed E-state index contributed by atoms with van der Waals surface area (Å²) in [5.74, 6) is -0.594. The number of hydrogen-bond acceptors (Lipinski definition) is 3. The van der Waals surface area contributed by atoms with Crippen molar-refractivity contribution in [3.8, 4) is 0 Å². The number of amides is 2. The number of ether oxygens (including phenoxy) is 1. The number of likely N-dealkylation sites (N-methyl/N-ethyl adjacent to an activating group) is 1. The molecule has 0 saturated heterocycles. The number of rotatable bonds is 5. The van der Waals surface area contributed by atoms with Crippen molar-refractivity contribution in [2.75, 3.05) is 13.7 Å². The van der Waals surface area contributed by atoms with Crippen LogP contribution in [0.15, 0.2) is 12.8 Å². The predicted octanol–water partition coefficient (Wildman–Crippen LogP) is -0.603. The van der Waals surface area contributed by atoms with Crippen LogP contribution < -0.4 is 10.6 Å². The van der Waals surface area contributed by atoms with Crippen molar-refractivity contribution < 1.29 is 14.3 Å². The van der Waals surface area contributed by atoms with Gasteiger partial charge in [-0.2, -0.15) is 0 Å². The van der Waals surface area contributed by atoms with E-state index in [1.807, 2.05) is 0 Å². The largest absolute Gasteiger partial charge is 0.492 e. The molecule has 0 radical (unpaired) electrons. The lowest BCUT2D eigenvalue weighted by molar-refractivity contribution is -0.129. The highest BCUT2D eigenvalue weighted by Gasteiger charge is 2.13. The summed E-state index contributed by atoms with van der Waals surface area (Å²) >= 11 is 0. The first kappa shape index (κ1) is 11.5. The summed E-state index contributed by atoms with van der Waals surface area (Å²) in [5, 5.41) is 4.85. The molecule has 0 rings (SSSR count). The van der Waals surface area contributed by atoms with Crippen LogP contribution in [0, 0.1) is 0 Å². The summed E-state index contributed by atoms with van der Waals surface area (Å²) in [6, 6.07) is -0.550. The van der Waals surface area contributed by atoms with E-state index in [-0.39, 0.29) is 18.4 Å². The Morgan fingerprint density at radius 3 is 2.69 bits per heavy atom. The second kappa shape index (κ2) is 6.05. The lowest BCUT2D eigenvalue weighted by atomic mass is 10.3. The zero-order valence-electron chi connectivity index (χ0n) is 7.79. The molecule has 0 aromatic heterocycles. The summed E-state index contributed by atoms with van der Waals surface area (Å²) in [5.41, 5.74) is 0. The fourth-order valence-corrected chi connectivity index (χ4v) is 0.700. The van der Waals surface area contributed by atoms with Gasteiger partial charge in [-0.05, 0) is 6.92 Å². The highest BCUT2D eigenvalue weighted by molar-refractivity contribution is 5.87. The topological polar surface area (TPSA) is 67.4 Å². The van der Waals surface area contributed by atoms with Gasteiger partial charge >= 0.3 is 0 Å². The normalized spacial score (nSPS) is 11.2. The molecular formula is C8H14N2O3. The first-order valence-corrected chi connectivity index (χ1v) is 3.85. The minimum atomic E-state index is -0.550. The summed E-state index contributed by atoms with van der Waals surface area (Å²) < 4.78 is 4.63. The lowest BCUT2D eigenvalue weighted by Crippen LogP contribution is -2.44. The van der Waals surface area contributed by atoms with Crippen molar-refractivity contribution >= 4 is 11.8 Å². The number of carbonyl (C=O) groups excluding carboxylic acids is 2. The van der Waals surface area contributed by atoms with Crippen LogP contribution in [0.3, 0.4) is 0 Å². The van der Waals surface area contributed by atoms with Crippen LogP contribution in [0.2, 0.25) is 0 Å². The molecule has 5 heteroatoms. The van der Waals surface area contributed by atoms with Crippen molar-refractivity contribution in [3.05, 3.63) is 12.8 Å². The Kier molecular flexibility index (Phi) is 5.34. The Labute approximate surface area is 77.1 Å². The van der Waals surface area contributed by atoms with Crippen LogP contribution in [0.4, 0.5) is 0 Å². The van der Waals surface area contributed by atoms with Crippen LogP contribution in [0.5, 0.6) is 0 Å². The SMILES string of the molecule is C=COCC(=O)N[C@@H](C)C(=O)NC. The minimum absolute atomic E-state index is 0.120. The van der Waals surface area contributed by atoms with Gasteiger partial charge in [-0.25, -0.2) is 0 Å². The fraction of sp³-hybridized carbons (Fsp3) is 0.500. The van der Waals surface area contributed by atoms with Crippen LogP contribution >= 0.6 is 0 Å². The molecule has 2 amide bonds. The monoisotopic (exact) mass is 186 g/mol. The van der Waals surface area contributed by atoms with E-state index in [2.05, 4.69) is 21.9 Å². The third-order valence-corrected chi connectivity index (χ3v) is 1.35. The molecule has 0 aliphatic heterocycles. The van der Waals surface area contributed by atoms with Gasteiger partial charge in [0.1, 0.15) is 6.04 Å². The van der Waals surface area contributed by atoms with Gasteiger partial charge in [0, 0.05) is 7.05 Å². The van der Waals surface area contributed by atoms with Gasteiger partial charge in [-0.1, -0.05) is 6.58 Å². The smallest absolute Gasteiger partial charge is 0.258 e. The molecule has 2 N–H and O–H groups in total. The Bertz CT molecular complexity index is 204. The van der Waals surface area contributed by atoms with E-state index in [0.717, 1.165) is 0 Å². The predicted molar refractivity (Wildman–Crippen MR) is 47.8 cm³/mol. The lowest BCUT2D eigenvalue weighted by Gasteiger charge is -2.11. The molecule has 0 aliphatic carbocycles. The molecule has 0 bridgehead atoms. The summed E-state index contributed by atoms with van der Waals surface area (Å²) in [6.45, 7) is 4.75. The van der Waals surface area contributed by atoms with E-state index in [9.17, 15) is 9.59 Å². The molecule has 74 valence electrons. The summed E-state index contributed by atoms with van der Waals surface area (Å²) in [6.07, 6.45) is 1.17. The van der Waals surface area contributed by atoms with Gasteiger partial charge < -0.3 is 15.4 Å². The van der Waals surface area contributed by atoms with Crippen LogP contribution in [0.25, 0.3) is 0 Å². The van der Waals surface area contributed by atoms with Crippen molar-refractivity contribution in [1.29, 1.82) is 0 Å². The Morgan fingerprint density at radius 1 is 1.62 bits per heavy atom. The van der Waals surface area contributed by atoms with Crippen molar-refractivity contribution in [2.24, 2.45) is 0 Å². The van der Waals surface area contributed by atoms with Crippen molar-refractivity contribution in [2.45, 2.75) is 13.0 Å². The molecule has 0 fully saturated rings. The highest BCUT2D eigenvalue weighted by Crippen LogP contribution is 1.82. The van der Waals surface area contributed by atoms with E-state index in [4.69, 9.17) is 0 Å². The maximum Gasteiger partial charge on any atom is 0.258 e. The average Bonchev–Trinajstić information content (AvgIpc) is 2.13. The quantitative estimate of drug-likeness (QED) is 0.563. The van der Waals surface area contributed by atoms with E-state index in [0.29, 0.717) is 0 Å². The van der Waals surface area contributed by atoms with Crippen LogP contribution in [-0.4, -0.2) is 31.5 Å². The molecule has 0 aromatic rings. The second-order valence-corrected chi connectivity index (χ2v) is 2.38. The molecular weight excluding hydrogens is 172 g/mol. The van der Waals surface area contributed by atoms with Gasteiger partial charge in [0.15, 0.2) is 6.61 Å². The third kappa shape index (κ3) is 4.84. The maximum atomic E-state index is 11.0. The zero-order chi connectivity index (χ0) is 10.3. The van der Waals surface area contributed by atoms with Crippen molar-refractivity contribution in [1.82, 2.24) is 10.6 Å². The first-order valence-electron chi connectivity index (χ1n) is 3.85. The standard InChI is InChI=1S/C8H14N2O3/c1-4-13-5-7(11)10-6(2)8(12)9-3/h4,6H,1,5H2,2-3H3,(H,9,12)(H,10,11)/t6-/m0/s1. The molecule has 0 aromatic carbocycles. The summed E-state index contributed by atoms with van der Waals surface area (Å²) in [4.78, 5) is 21.9. The van der Waals surface area contributed by atoms with Gasteiger partial charge in [0.25, 0.3) is 5.91 Å². The molecule has 0 saturated carbocycles. The van der Waals surface area contributed by atoms with Gasteiger partial charge in [-0.3, -0.25) is 9.59 Å². The Morgan fingerprint density at radius 2 is 2.23 bits per heavy atom. The number of carbonyl (C=O) groups is 2. The molecule has 0 aliphatic rings. The number of nitrogens with one attached hydrogen (secondary N) is 2. The van der Waals surface area contributed by atoms with Gasteiger partial charge in [0.2, 0.25) is 5.91 Å². The van der Waals surface area contributed by atoms with Gasteiger partial charge in [0.05, 0.1) is 6.26 Å².